The molecule has 1 atom stereocenters. The topological polar surface area (TPSA) is 51.6 Å². The molecular formula is C19H27NO3. The summed E-state index contributed by atoms with van der Waals surface area (Å²) in [6.45, 7) is 9.08. The van der Waals surface area contributed by atoms with Crippen molar-refractivity contribution in [1.29, 1.82) is 0 Å². The van der Waals surface area contributed by atoms with E-state index < -0.39 is 6.29 Å². The second kappa shape index (κ2) is 8.27. The molecule has 0 bridgehead atoms. The van der Waals surface area contributed by atoms with Gasteiger partial charge in [0.05, 0.1) is 24.5 Å². The highest BCUT2D eigenvalue weighted by molar-refractivity contribution is 5.43. The monoisotopic (exact) mass is 317 g/mol. The van der Waals surface area contributed by atoms with Gasteiger partial charge in [0, 0.05) is 11.8 Å². The van der Waals surface area contributed by atoms with Crippen molar-refractivity contribution in [1.82, 2.24) is 4.98 Å². The summed E-state index contributed by atoms with van der Waals surface area (Å²) in [5.41, 5.74) is 4.93. The van der Waals surface area contributed by atoms with Crippen molar-refractivity contribution >= 4 is 0 Å². The molecule has 1 unspecified atom stereocenters. The van der Waals surface area contributed by atoms with Crippen LogP contribution in [0.15, 0.2) is 29.5 Å². The van der Waals surface area contributed by atoms with Gasteiger partial charge in [-0.2, -0.15) is 0 Å². The van der Waals surface area contributed by atoms with Crippen LogP contribution in [0.1, 0.15) is 63.1 Å². The third kappa shape index (κ3) is 4.91. The Kier molecular flexibility index (Phi) is 6.37. The number of aromatic hydroxyl groups is 1. The van der Waals surface area contributed by atoms with Crippen molar-refractivity contribution in [3.8, 4) is 5.75 Å². The molecule has 0 amide bonds. The Morgan fingerprint density at radius 2 is 2.17 bits per heavy atom. The van der Waals surface area contributed by atoms with E-state index in [0.717, 1.165) is 30.4 Å². The van der Waals surface area contributed by atoms with Crippen molar-refractivity contribution in [2.45, 2.75) is 59.9 Å². The van der Waals surface area contributed by atoms with Crippen molar-refractivity contribution in [2.75, 3.05) is 6.61 Å². The predicted molar refractivity (Wildman–Crippen MR) is 91.2 cm³/mol. The van der Waals surface area contributed by atoms with Crippen molar-refractivity contribution in [3.05, 3.63) is 46.3 Å². The van der Waals surface area contributed by atoms with Crippen molar-refractivity contribution in [2.24, 2.45) is 0 Å². The number of unbranched alkanes of at least 4 members (excludes halogenated alkanes) is 1. The summed E-state index contributed by atoms with van der Waals surface area (Å²) in [5, 5.41) is 10.1. The molecule has 2 rings (SSSR count). The lowest BCUT2D eigenvalue weighted by molar-refractivity contribution is -0.130. The number of pyridine rings is 1. The molecule has 2 heterocycles. The van der Waals surface area contributed by atoms with Crippen molar-refractivity contribution < 1.29 is 14.6 Å². The highest BCUT2D eigenvalue weighted by atomic mass is 16.7. The summed E-state index contributed by atoms with van der Waals surface area (Å²) in [7, 11) is 0. The smallest absolute Gasteiger partial charge is 0.188 e. The Hall–Kier alpha value is -1.65. The molecule has 4 heteroatoms. The van der Waals surface area contributed by atoms with Crippen LogP contribution in [0.5, 0.6) is 5.75 Å². The summed E-state index contributed by atoms with van der Waals surface area (Å²) in [4.78, 5) is 4.15. The highest BCUT2D eigenvalue weighted by Crippen LogP contribution is 2.38. The van der Waals surface area contributed by atoms with Crippen LogP contribution in [0.4, 0.5) is 0 Å². The van der Waals surface area contributed by atoms with E-state index in [1.54, 1.807) is 13.1 Å². The number of hydrogen-bond acceptors (Lipinski definition) is 4. The van der Waals surface area contributed by atoms with E-state index in [4.69, 9.17) is 9.47 Å². The van der Waals surface area contributed by atoms with E-state index in [0.29, 0.717) is 18.9 Å². The summed E-state index contributed by atoms with van der Waals surface area (Å²) >= 11 is 0. The van der Waals surface area contributed by atoms with Gasteiger partial charge in [0.25, 0.3) is 0 Å². The molecule has 0 saturated heterocycles. The molecule has 1 aromatic rings. The third-order valence-corrected chi connectivity index (χ3v) is 3.99. The maximum atomic E-state index is 10.1. The summed E-state index contributed by atoms with van der Waals surface area (Å²) in [5.74, 6) is 0.187. The van der Waals surface area contributed by atoms with Crippen LogP contribution in [0, 0.1) is 6.92 Å². The van der Waals surface area contributed by atoms with Crippen LogP contribution < -0.4 is 0 Å². The van der Waals surface area contributed by atoms with Gasteiger partial charge in [-0.1, -0.05) is 23.3 Å². The zero-order chi connectivity index (χ0) is 16.8. The van der Waals surface area contributed by atoms with E-state index in [9.17, 15) is 5.11 Å². The van der Waals surface area contributed by atoms with Crippen LogP contribution in [0.25, 0.3) is 0 Å². The summed E-state index contributed by atoms with van der Waals surface area (Å²) < 4.78 is 11.4. The van der Waals surface area contributed by atoms with Gasteiger partial charge in [-0.25, -0.2) is 0 Å². The fourth-order valence-corrected chi connectivity index (χ4v) is 2.56. The molecule has 0 aromatic carbocycles. The average Bonchev–Trinajstić information content (AvgIpc) is 2.91. The second-order valence-corrected chi connectivity index (χ2v) is 6.33. The number of aromatic nitrogens is 1. The zero-order valence-corrected chi connectivity index (χ0v) is 14.6. The van der Waals surface area contributed by atoms with E-state index in [1.807, 2.05) is 0 Å². The Morgan fingerprint density at radius 1 is 1.39 bits per heavy atom. The SMILES string of the molecule is CC(C)=CCCC/C(C)=C/COC1OCc2cnc(C)c(O)c21. The quantitative estimate of drug-likeness (QED) is 0.584. The minimum absolute atomic E-state index is 0.187. The predicted octanol–water partition coefficient (Wildman–Crippen LogP) is 4.72. The van der Waals surface area contributed by atoms with Gasteiger partial charge in [0.1, 0.15) is 5.75 Å². The Labute approximate surface area is 138 Å². The van der Waals surface area contributed by atoms with Gasteiger partial charge in [0.2, 0.25) is 0 Å². The zero-order valence-electron chi connectivity index (χ0n) is 14.6. The molecule has 0 saturated carbocycles. The number of nitrogens with zero attached hydrogens (tertiary/aromatic N) is 1. The molecule has 23 heavy (non-hydrogen) atoms. The van der Waals surface area contributed by atoms with Crippen LogP contribution in [-0.2, 0) is 16.1 Å². The van der Waals surface area contributed by atoms with Gasteiger partial charge < -0.3 is 14.6 Å². The molecule has 1 aliphatic rings. The van der Waals surface area contributed by atoms with Gasteiger partial charge >= 0.3 is 0 Å². The number of fused-ring (bicyclic) bond motifs is 1. The minimum atomic E-state index is -0.499. The van der Waals surface area contributed by atoms with Gasteiger partial charge in [-0.05, 0) is 47.0 Å². The summed E-state index contributed by atoms with van der Waals surface area (Å²) in [6, 6.07) is 0. The Bertz CT molecular complexity index is 601. The average molecular weight is 317 g/mol. The fourth-order valence-electron chi connectivity index (χ4n) is 2.56. The minimum Gasteiger partial charge on any atom is -0.506 e. The molecular weight excluding hydrogens is 290 g/mol. The first-order chi connectivity index (χ1) is 11.0. The number of hydrogen-bond donors (Lipinski definition) is 1. The highest BCUT2D eigenvalue weighted by Gasteiger charge is 2.28. The van der Waals surface area contributed by atoms with E-state index in [2.05, 4.69) is 37.9 Å². The number of rotatable bonds is 7. The standard InChI is InChI=1S/C19H27NO3/c1-13(2)7-5-6-8-14(3)9-10-22-19-17-16(12-23-19)11-20-15(4)18(17)21/h7,9,11,19,21H,5-6,8,10,12H2,1-4H3/b14-9+. The van der Waals surface area contributed by atoms with Gasteiger partial charge in [-0.3, -0.25) is 4.98 Å². The Balaban J connectivity index is 1.83. The number of allylic oxidation sites excluding steroid dienone is 3. The third-order valence-electron chi connectivity index (χ3n) is 3.99. The normalized spacial score (nSPS) is 17.2. The maximum absolute atomic E-state index is 10.1. The van der Waals surface area contributed by atoms with Gasteiger partial charge in [-0.15, -0.1) is 0 Å². The number of ether oxygens (including phenoxy) is 2. The first-order valence-electron chi connectivity index (χ1n) is 8.18. The van der Waals surface area contributed by atoms with Gasteiger partial charge in [0.15, 0.2) is 6.29 Å². The molecule has 1 aliphatic heterocycles. The number of aryl methyl sites for hydroxylation is 1. The largest absolute Gasteiger partial charge is 0.506 e. The maximum Gasteiger partial charge on any atom is 0.188 e. The van der Waals surface area contributed by atoms with Crippen molar-refractivity contribution in [3.63, 3.8) is 0 Å². The lowest BCUT2D eigenvalue weighted by Gasteiger charge is -2.13. The Morgan fingerprint density at radius 3 is 2.91 bits per heavy atom. The molecule has 0 aliphatic carbocycles. The first kappa shape index (κ1) is 17.7. The second-order valence-electron chi connectivity index (χ2n) is 6.33. The molecule has 0 radical (unpaired) electrons. The molecule has 126 valence electrons. The van der Waals surface area contributed by atoms with E-state index in [-0.39, 0.29) is 5.75 Å². The summed E-state index contributed by atoms with van der Waals surface area (Å²) in [6.07, 6.45) is 8.96. The lowest BCUT2D eigenvalue weighted by Crippen LogP contribution is -2.04. The van der Waals surface area contributed by atoms with Crippen LogP contribution in [0.3, 0.4) is 0 Å². The molecule has 0 fully saturated rings. The van der Waals surface area contributed by atoms with Crippen LogP contribution >= 0.6 is 0 Å². The fraction of sp³-hybridized carbons (Fsp3) is 0.526. The molecule has 1 aromatic heterocycles. The first-order valence-corrected chi connectivity index (χ1v) is 8.18. The van der Waals surface area contributed by atoms with Crippen LogP contribution in [0.2, 0.25) is 0 Å². The lowest BCUT2D eigenvalue weighted by atomic mass is 10.1. The van der Waals surface area contributed by atoms with Crippen LogP contribution in [-0.4, -0.2) is 16.7 Å². The molecule has 1 N–H and O–H groups in total. The van der Waals surface area contributed by atoms with E-state index in [1.165, 1.54) is 11.1 Å². The molecule has 4 nitrogen and oxygen atoms in total. The molecule has 0 spiro atoms. The van der Waals surface area contributed by atoms with E-state index >= 15 is 0 Å².